The molecule has 4 rings (SSSR count). The van der Waals surface area contributed by atoms with Crippen molar-refractivity contribution in [1.82, 2.24) is 4.90 Å². The maximum Gasteiger partial charge on any atom is 0.264 e. The zero-order valence-electron chi connectivity index (χ0n) is 18.0. The topological polar surface area (TPSA) is 49.9 Å². The van der Waals surface area contributed by atoms with Crippen molar-refractivity contribution in [2.45, 2.75) is 30.3 Å². The van der Waals surface area contributed by atoms with Gasteiger partial charge in [0.25, 0.3) is 10.0 Å². The molecule has 1 aliphatic rings. The van der Waals surface area contributed by atoms with E-state index in [1.54, 1.807) is 53.9 Å². The SMILES string of the molecule is COc1ccc(S(=O)(=O)N(c2cccc(Cl)c2)C2CCN(Cc3ccccc3)CC2)cc1. The fourth-order valence-electron chi connectivity index (χ4n) is 4.17. The Hall–Kier alpha value is -2.54. The summed E-state index contributed by atoms with van der Waals surface area (Å²) in [7, 11) is -2.21. The first kappa shape index (κ1) is 22.6. The van der Waals surface area contributed by atoms with Crippen molar-refractivity contribution in [2.75, 3.05) is 24.5 Å². The number of hydrogen-bond donors (Lipinski definition) is 0. The van der Waals surface area contributed by atoms with Crippen LogP contribution >= 0.6 is 11.6 Å². The maximum absolute atomic E-state index is 13.7. The Morgan fingerprint density at radius 3 is 2.28 bits per heavy atom. The fourth-order valence-corrected chi connectivity index (χ4v) is 6.06. The van der Waals surface area contributed by atoms with Gasteiger partial charge in [-0.15, -0.1) is 0 Å². The number of methoxy groups -OCH3 is 1. The van der Waals surface area contributed by atoms with Gasteiger partial charge in [-0.1, -0.05) is 48.0 Å². The van der Waals surface area contributed by atoms with Gasteiger partial charge in [0.05, 0.1) is 17.7 Å². The van der Waals surface area contributed by atoms with Crippen molar-refractivity contribution in [2.24, 2.45) is 0 Å². The first-order valence-corrected chi connectivity index (χ1v) is 12.5. The van der Waals surface area contributed by atoms with Gasteiger partial charge in [-0.25, -0.2) is 8.42 Å². The highest BCUT2D eigenvalue weighted by Crippen LogP contribution is 2.32. The Balaban J connectivity index is 1.59. The molecule has 0 saturated carbocycles. The quantitative estimate of drug-likeness (QED) is 0.475. The molecule has 1 fully saturated rings. The molecule has 0 amide bonds. The molecule has 5 nitrogen and oxygen atoms in total. The van der Waals surface area contributed by atoms with E-state index in [9.17, 15) is 8.42 Å². The molecule has 0 spiro atoms. The summed E-state index contributed by atoms with van der Waals surface area (Å²) in [6.07, 6.45) is 1.49. The summed E-state index contributed by atoms with van der Waals surface area (Å²) in [5, 5.41) is 0.513. The Labute approximate surface area is 195 Å². The zero-order valence-corrected chi connectivity index (χ0v) is 19.6. The molecule has 3 aromatic carbocycles. The Bertz CT molecular complexity index is 1130. The van der Waals surface area contributed by atoms with Gasteiger partial charge in [0.15, 0.2) is 0 Å². The Kier molecular flexibility index (Phi) is 7.04. The van der Waals surface area contributed by atoms with E-state index in [1.807, 2.05) is 24.3 Å². The van der Waals surface area contributed by atoms with Crippen LogP contribution in [0, 0.1) is 0 Å². The highest BCUT2D eigenvalue weighted by molar-refractivity contribution is 7.92. The molecular formula is C25H27ClN2O3S. The molecule has 7 heteroatoms. The van der Waals surface area contributed by atoms with Crippen molar-refractivity contribution in [1.29, 1.82) is 0 Å². The summed E-state index contributed by atoms with van der Waals surface area (Å²) in [4.78, 5) is 2.62. The number of rotatable bonds is 7. The summed E-state index contributed by atoms with van der Waals surface area (Å²) in [5.41, 5.74) is 1.86. The van der Waals surface area contributed by atoms with Gasteiger partial charge in [0.1, 0.15) is 5.75 Å². The van der Waals surface area contributed by atoms with Crippen LogP contribution in [0.25, 0.3) is 0 Å². The largest absolute Gasteiger partial charge is 0.497 e. The normalized spacial score (nSPS) is 15.4. The molecule has 0 radical (unpaired) electrons. The summed E-state index contributed by atoms with van der Waals surface area (Å²) in [6, 6.07) is 23.8. The molecule has 1 heterocycles. The smallest absolute Gasteiger partial charge is 0.264 e. The lowest BCUT2D eigenvalue weighted by atomic mass is 10.0. The molecule has 1 saturated heterocycles. The van der Waals surface area contributed by atoms with E-state index < -0.39 is 10.0 Å². The number of nitrogens with zero attached hydrogens (tertiary/aromatic N) is 2. The molecule has 168 valence electrons. The number of sulfonamides is 1. The first-order valence-electron chi connectivity index (χ1n) is 10.7. The van der Waals surface area contributed by atoms with E-state index in [4.69, 9.17) is 16.3 Å². The van der Waals surface area contributed by atoms with Crippen LogP contribution in [0.15, 0.2) is 83.8 Å². The fraction of sp³-hybridized carbons (Fsp3) is 0.280. The van der Waals surface area contributed by atoms with E-state index in [0.29, 0.717) is 16.5 Å². The number of anilines is 1. The van der Waals surface area contributed by atoms with E-state index in [1.165, 1.54) is 5.56 Å². The first-order chi connectivity index (χ1) is 15.5. The molecule has 0 unspecified atom stereocenters. The molecule has 3 aromatic rings. The third-order valence-corrected chi connectivity index (χ3v) is 7.95. The summed E-state index contributed by atoms with van der Waals surface area (Å²) < 4.78 is 34.2. The molecular weight excluding hydrogens is 444 g/mol. The van der Waals surface area contributed by atoms with Crippen LogP contribution in [0.2, 0.25) is 5.02 Å². The van der Waals surface area contributed by atoms with Crippen LogP contribution in [0.1, 0.15) is 18.4 Å². The number of halogens is 1. The van der Waals surface area contributed by atoms with Crippen molar-refractivity contribution >= 4 is 27.3 Å². The molecule has 1 aliphatic heterocycles. The monoisotopic (exact) mass is 470 g/mol. The second kappa shape index (κ2) is 9.94. The minimum absolute atomic E-state index is 0.146. The molecule has 0 bridgehead atoms. The van der Waals surface area contributed by atoms with E-state index >= 15 is 0 Å². The lowest BCUT2D eigenvalue weighted by Crippen LogP contribution is -2.47. The number of benzene rings is 3. The molecule has 0 aliphatic carbocycles. The highest BCUT2D eigenvalue weighted by Gasteiger charge is 2.34. The third-order valence-electron chi connectivity index (χ3n) is 5.82. The van der Waals surface area contributed by atoms with Crippen LogP contribution in [0.5, 0.6) is 5.75 Å². The van der Waals surface area contributed by atoms with Crippen LogP contribution < -0.4 is 9.04 Å². The van der Waals surface area contributed by atoms with Crippen molar-refractivity contribution < 1.29 is 13.2 Å². The minimum Gasteiger partial charge on any atom is -0.497 e. The predicted molar refractivity (Wildman–Crippen MR) is 129 cm³/mol. The van der Waals surface area contributed by atoms with Crippen molar-refractivity contribution in [3.8, 4) is 5.75 Å². The van der Waals surface area contributed by atoms with Gasteiger partial charge in [-0.3, -0.25) is 9.21 Å². The summed E-state index contributed by atoms with van der Waals surface area (Å²) in [5.74, 6) is 0.618. The van der Waals surface area contributed by atoms with Gasteiger partial charge in [-0.2, -0.15) is 0 Å². The number of hydrogen-bond acceptors (Lipinski definition) is 4. The van der Waals surface area contributed by atoms with Crippen LogP contribution in [0.3, 0.4) is 0 Å². The highest BCUT2D eigenvalue weighted by atomic mass is 35.5. The van der Waals surface area contributed by atoms with E-state index in [-0.39, 0.29) is 10.9 Å². The number of ether oxygens (including phenoxy) is 1. The maximum atomic E-state index is 13.7. The summed E-state index contributed by atoms with van der Waals surface area (Å²) in [6.45, 7) is 2.53. The molecule has 0 aromatic heterocycles. The predicted octanol–water partition coefficient (Wildman–Crippen LogP) is 5.21. The van der Waals surface area contributed by atoms with Crippen molar-refractivity contribution in [3.05, 3.63) is 89.4 Å². The lowest BCUT2D eigenvalue weighted by Gasteiger charge is -2.39. The number of likely N-dealkylation sites (tertiary alicyclic amines) is 1. The Morgan fingerprint density at radius 1 is 0.969 bits per heavy atom. The second-order valence-electron chi connectivity index (χ2n) is 7.95. The van der Waals surface area contributed by atoms with Crippen LogP contribution in [-0.2, 0) is 16.6 Å². The van der Waals surface area contributed by atoms with Gasteiger partial charge in [0, 0.05) is 30.7 Å². The second-order valence-corrected chi connectivity index (χ2v) is 10.2. The van der Waals surface area contributed by atoms with Crippen LogP contribution in [0.4, 0.5) is 5.69 Å². The molecule has 0 atom stereocenters. The van der Waals surface area contributed by atoms with Crippen molar-refractivity contribution in [3.63, 3.8) is 0 Å². The van der Waals surface area contributed by atoms with Gasteiger partial charge in [-0.05, 0) is 60.9 Å². The van der Waals surface area contributed by atoms with Gasteiger partial charge in [0.2, 0.25) is 0 Å². The molecule has 32 heavy (non-hydrogen) atoms. The minimum atomic E-state index is -3.77. The zero-order chi connectivity index (χ0) is 22.6. The van der Waals surface area contributed by atoms with E-state index in [0.717, 1.165) is 32.5 Å². The third kappa shape index (κ3) is 5.09. The van der Waals surface area contributed by atoms with Gasteiger partial charge >= 0.3 is 0 Å². The average molecular weight is 471 g/mol. The standard InChI is InChI=1S/C25H27ClN2O3S/c1-31-24-10-12-25(13-11-24)32(29,30)28(23-9-5-8-21(26)18-23)22-14-16-27(17-15-22)19-20-6-3-2-4-7-20/h2-13,18,22H,14-17,19H2,1H3. The summed E-state index contributed by atoms with van der Waals surface area (Å²) >= 11 is 6.23. The average Bonchev–Trinajstić information content (AvgIpc) is 2.81. The number of piperidine rings is 1. The molecule has 0 N–H and O–H groups in total. The lowest BCUT2D eigenvalue weighted by molar-refractivity contribution is 0.206. The van der Waals surface area contributed by atoms with Gasteiger partial charge < -0.3 is 4.74 Å². The van der Waals surface area contributed by atoms with E-state index in [2.05, 4.69) is 17.0 Å². The Morgan fingerprint density at radius 2 is 1.66 bits per heavy atom. The van der Waals surface area contributed by atoms with Crippen LogP contribution in [-0.4, -0.2) is 39.6 Å².